The van der Waals surface area contributed by atoms with E-state index < -0.39 is 0 Å². The van der Waals surface area contributed by atoms with Gasteiger partial charge in [0.15, 0.2) is 5.96 Å². The molecule has 1 unspecified atom stereocenters. The maximum atomic E-state index is 4.49. The summed E-state index contributed by atoms with van der Waals surface area (Å²) in [6, 6.07) is 0.273. The molecule has 1 N–H and O–H groups in total. The first kappa shape index (κ1) is 23.2. The van der Waals surface area contributed by atoms with Gasteiger partial charge in [-0.2, -0.15) is 5.10 Å². The van der Waals surface area contributed by atoms with E-state index in [9.17, 15) is 0 Å². The summed E-state index contributed by atoms with van der Waals surface area (Å²) in [5.74, 6) is 2.68. The van der Waals surface area contributed by atoms with Gasteiger partial charge in [0.05, 0.1) is 12.2 Å². The number of nitrogens with zero attached hydrogens (tertiary/aromatic N) is 5. The van der Waals surface area contributed by atoms with Gasteiger partial charge >= 0.3 is 0 Å². The lowest BCUT2D eigenvalue weighted by molar-refractivity contribution is 0.248. The van der Waals surface area contributed by atoms with Gasteiger partial charge in [0.2, 0.25) is 0 Å². The molecular formula is C19H37IN6. The highest BCUT2D eigenvalue weighted by Gasteiger charge is 2.22. The SMILES string of the molecule is CN=C(NCC(c1cnn(C)c1)N(C)C)N(C)CC1CCC(C)CC1.I. The number of likely N-dealkylation sites (N-methyl/N-ethyl adjacent to an activating group) is 1. The molecule has 0 aliphatic heterocycles. The molecule has 1 saturated carbocycles. The predicted octanol–water partition coefficient (Wildman–Crippen LogP) is 2.97. The summed E-state index contributed by atoms with van der Waals surface area (Å²) in [6.07, 6.45) is 9.46. The van der Waals surface area contributed by atoms with Gasteiger partial charge in [0.25, 0.3) is 0 Å². The van der Waals surface area contributed by atoms with Crippen molar-refractivity contribution in [3.8, 4) is 0 Å². The van der Waals surface area contributed by atoms with Crippen LogP contribution in [0.5, 0.6) is 0 Å². The van der Waals surface area contributed by atoms with Crippen molar-refractivity contribution < 1.29 is 0 Å². The number of halogens is 1. The van der Waals surface area contributed by atoms with Gasteiger partial charge < -0.3 is 15.1 Å². The highest BCUT2D eigenvalue weighted by atomic mass is 127. The average molecular weight is 476 g/mol. The Morgan fingerprint density at radius 3 is 2.46 bits per heavy atom. The number of rotatable bonds is 6. The molecule has 1 aromatic heterocycles. The molecule has 6 nitrogen and oxygen atoms in total. The summed E-state index contributed by atoms with van der Waals surface area (Å²) >= 11 is 0. The molecule has 2 rings (SSSR count). The molecule has 1 aromatic rings. The monoisotopic (exact) mass is 476 g/mol. The quantitative estimate of drug-likeness (QED) is 0.390. The van der Waals surface area contributed by atoms with E-state index in [-0.39, 0.29) is 30.0 Å². The van der Waals surface area contributed by atoms with E-state index in [0.717, 1.165) is 30.9 Å². The molecule has 0 amide bonds. The van der Waals surface area contributed by atoms with E-state index in [1.54, 1.807) is 0 Å². The zero-order valence-electron chi connectivity index (χ0n) is 17.3. The zero-order chi connectivity index (χ0) is 18.4. The molecule has 150 valence electrons. The van der Waals surface area contributed by atoms with Crippen molar-refractivity contribution in [2.75, 3.05) is 41.3 Å². The van der Waals surface area contributed by atoms with Gasteiger partial charge in [-0.1, -0.05) is 19.8 Å². The molecule has 1 heterocycles. The smallest absolute Gasteiger partial charge is 0.193 e. The molecule has 0 bridgehead atoms. The van der Waals surface area contributed by atoms with Gasteiger partial charge in [-0.05, 0) is 38.8 Å². The van der Waals surface area contributed by atoms with E-state index in [1.165, 1.54) is 31.2 Å². The first-order valence-electron chi connectivity index (χ1n) is 9.47. The lowest BCUT2D eigenvalue weighted by Crippen LogP contribution is -2.44. The Labute approximate surface area is 176 Å². The maximum absolute atomic E-state index is 4.49. The third kappa shape index (κ3) is 6.72. The number of aryl methyl sites for hydroxylation is 1. The van der Waals surface area contributed by atoms with Crippen LogP contribution in [0.2, 0.25) is 0 Å². The second kappa shape index (κ2) is 11.1. The number of nitrogens with one attached hydrogen (secondary N) is 1. The number of aliphatic imine (C=N–C) groups is 1. The first-order chi connectivity index (χ1) is 11.9. The van der Waals surface area contributed by atoms with Crippen LogP contribution in [-0.4, -0.2) is 66.8 Å². The Bertz CT molecular complexity index is 548. The molecule has 0 spiro atoms. The highest BCUT2D eigenvalue weighted by Crippen LogP contribution is 2.28. The van der Waals surface area contributed by atoms with Crippen LogP contribution in [0.25, 0.3) is 0 Å². The fraction of sp³-hybridized carbons (Fsp3) is 0.789. The summed E-state index contributed by atoms with van der Waals surface area (Å²) in [7, 11) is 10.2. The molecule has 1 atom stereocenters. The predicted molar refractivity (Wildman–Crippen MR) is 120 cm³/mol. The number of aromatic nitrogens is 2. The third-order valence-corrected chi connectivity index (χ3v) is 5.43. The minimum absolute atomic E-state index is 0. The molecule has 1 aliphatic carbocycles. The van der Waals surface area contributed by atoms with Crippen LogP contribution >= 0.6 is 24.0 Å². The van der Waals surface area contributed by atoms with Crippen LogP contribution in [-0.2, 0) is 7.05 Å². The largest absolute Gasteiger partial charge is 0.354 e. The number of hydrogen-bond donors (Lipinski definition) is 1. The molecule has 7 heteroatoms. The zero-order valence-corrected chi connectivity index (χ0v) is 19.6. The van der Waals surface area contributed by atoms with Gasteiger partial charge in [-0.15, -0.1) is 24.0 Å². The minimum atomic E-state index is 0. The van der Waals surface area contributed by atoms with Crippen molar-refractivity contribution in [2.45, 2.75) is 38.6 Å². The van der Waals surface area contributed by atoms with Crippen molar-refractivity contribution in [3.63, 3.8) is 0 Å². The van der Waals surface area contributed by atoms with E-state index in [0.29, 0.717) is 0 Å². The van der Waals surface area contributed by atoms with Crippen molar-refractivity contribution in [2.24, 2.45) is 23.9 Å². The minimum Gasteiger partial charge on any atom is -0.354 e. The summed E-state index contributed by atoms with van der Waals surface area (Å²) in [5, 5.41) is 7.86. The molecule has 1 fully saturated rings. The Balaban J connectivity index is 0.00000338. The van der Waals surface area contributed by atoms with Crippen molar-refractivity contribution in [1.82, 2.24) is 24.9 Å². The summed E-state index contributed by atoms with van der Waals surface area (Å²) in [4.78, 5) is 9.00. The van der Waals surface area contributed by atoms with Crippen LogP contribution in [0.1, 0.15) is 44.2 Å². The van der Waals surface area contributed by atoms with Crippen LogP contribution in [0.15, 0.2) is 17.4 Å². The van der Waals surface area contributed by atoms with Gasteiger partial charge in [-0.3, -0.25) is 9.67 Å². The Hall–Kier alpha value is -0.830. The fourth-order valence-corrected chi connectivity index (χ4v) is 3.77. The Kier molecular flexibility index (Phi) is 9.92. The van der Waals surface area contributed by atoms with Crippen LogP contribution in [0.3, 0.4) is 0 Å². The van der Waals surface area contributed by atoms with Crippen molar-refractivity contribution >= 4 is 29.9 Å². The van der Waals surface area contributed by atoms with Gasteiger partial charge in [-0.25, -0.2) is 0 Å². The number of hydrogen-bond acceptors (Lipinski definition) is 3. The van der Waals surface area contributed by atoms with Crippen molar-refractivity contribution in [3.05, 3.63) is 18.0 Å². The van der Waals surface area contributed by atoms with E-state index >= 15 is 0 Å². The average Bonchev–Trinajstić information content (AvgIpc) is 2.99. The van der Waals surface area contributed by atoms with Crippen LogP contribution in [0.4, 0.5) is 0 Å². The van der Waals surface area contributed by atoms with Crippen LogP contribution < -0.4 is 5.32 Å². The first-order valence-corrected chi connectivity index (χ1v) is 9.47. The molecule has 0 saturated heterocycles. The molecule has 0 aromatic carbocycles. The Morgan fingerprint density at radius 2 is 1.96 bits per heavy atom. The summed E-state index contributed by atoms with van der Waals surface area (Å²) < 4.78 is 1.86. The van der Waals surface area contributed by atoms with Crippen molar-refractivity contribution in [1.29, 1.82) is 0 Å². The van der Waals surface area contributed by atoms with E-state index in [4.69, 9.17) is 0 Å². The second-order valence-electron chi connectivity index (χ2n) is 7.86. The number of guanidine groups is 1. The molecular weight excluding hydrogens is 439 g/mol. The standard InChI is InChI=1S/C19H36N6.HI/c1-15-7-9-16(10-8-15)13-24(5)19(20-2)21-12-18(23(3)4)17-11-22-25(6)14-17;/h11,14-16,18H,7-10,12-13H2,1-6H3,(H,20,21);1H. The van der Waals surface area contributed by atoms with Gasteiger partial charge in [0, 0.05) is 46.0 Å². The highest BCUT2D eigenvalue weighted by molar-refractivity contribution is 14.0. The van der Waals surface area contributed by atoms with Gasteiger partial charge in [0.1, 0.15) is 0 Å². The van der Waals surface area contributed by atoms with E-state index in [2.05, 4.69) is 59.5 Å². The summed E-state index contributed by atoms with van der Waals surface area (Å²) in [6.45, 7) is 4.28. The van der Waals surface area contributed by atoms with E-state index in [1.807, 2.05) is 25.0 Å². The third-order valence-electron chi connectivity index (χ3n) is 5.43. The molecule has 26 heavy (non-hydrogen) atoms. The lowest BCUT2D eigenvalue weighted by atomic mass is 9.83. The maximum Gasteiger partial charge on any atom is 0.193 e. The second-order valence-corrected chi connectivity index (χ2v) is 7.86. The normalized spacial score (nSPS) is 22.0. The van der Waals surface area contributed by atoms with Crippen LogP contribution in [0, 0.1) is 11.8 Å². The Morgan fingerprint density at radius 1 is 1.31 bits per heavy atom. The lowest BCUT2D eigenvalue weighted by Gasteiger charge is -2.32. The molecule has 0 radical (unpaired) electrons. The summed E-state index contributed by atoms with van der Waals surface area (Å²) in [5.41, 5.74) is 1.22. The fourth-order valence-electron chi connectivity index (χ4n) is 3.77. The molecule has 1 aliphatic rings. The topological polar surface area (TPSA) is 48.7 Å².